The molecule has 176 valence electrons. The van der Waals surface area contributed by atoms with Crippen LogP contribution in [0.15, 0.2) is 66.7 Å². The van der Waals surface area contributed by atoms with Gasteiger partial charge in [0.2, 0.25) is 0 Å². The molecule has 34 heavy (non-hydrogen) atoms. The zero-order valence-electron chi connectivity index (χ0n) is 17.2. The molecule has 0 fully saturated rings. The van der Waals surface area contributed by atoms with Crippen molar-refractivity contribution in [1.29, 1.82) is 0 Å². The number of carbonyl (C=O) groups is 1. The Bertz CT molecular complexity index is 1310. The highest BCUT2D eigenvalue weighted by Crippen LogP contribution is 2.40. The minimum atomic E-state index is -5.20. The van der Waals surface area contributed by atoms with Crippen molar-refractivity contribution < 1.29 is 35.9 Å². The molecule has 0 radical (unpaired) electrons. The van der Waals surface area contributed by atoms with Gasteiger partial charge in [-0.2, -0.15) is 26.3 Å². The summed E-state index contributed by atoms with van der Waals surface area (Å²) in [7, 11) is 1.42. The number of methoxy groups -OCH3 is 1. The van der Waals surface area contributed by atoms with E-state index in [-0.39, 0.29) is 16.9 Å². The van der Waals surface area contributed by atoms with E-state index in [4.69, 9.17) is 4.74 Å². The molecule has 4 rings (SSSR count). The molecule has 0 saturated carbocycles. The van der Waals surface area contributed by atoms with Crippen LogP contribution < -0.4 is 9.64 Å². The second-order valence-electron chi connectivity index (χ2n) is 7.06. The molecule has 11 heteroatoms. The van der Waals surface area contributed by atoms with Crippen LogP contribution in [-0.2, 0) is 12.4 Å². The first-order valence-electron chi connectivity index (χ1n) is 9.61. The molecule has 0 saturated heterocycles. The zero-order valence-corrected chi connectivity index (χ0v) is 18.1. The van der Waals surface area contributed by atoms with Gasteiger partial charge in [0.15, 0.2) is 5.13 Å². The third-order valence-electron chi connectivity index (χ3n) is 4.89. The van der Waals surface area contributed by atoms with Gasteiger partial charge in [-0.3, -0.25) is 9.69 Å². The summed E-state index contributed by atoms with van der Waals surface area (Å²) in [6, 6.07) is 13.7. The van der Waals surface area contributed by atoms with E-state index in [0.717, 1.165) is 16.2 Å². The van der Waals surface area contributed by atoms with Crippen molar-refractivity contribution in [2.75, 3.05) is 12.0 Å². The van der Waals surface area contributed by atoms with E-state index in [1.807, 2.05) is 0 Å². The minimum Gasteiger partial charge on any atom is -0.497 e. The highest BCUT2D eigenvalue weighted by atomic mass is 32.1. The Morgan fingerprint density at radius 2 is 1.59 bits per heavy atom. The second kappa shape index (κ2) is 8.64. The Morgan fingerprint density at radius 3 is 2.18 bits per heavy atom. The molecule has 1 aromatic heterocycles. The summed E-state index contributed by atoms with van der Waals surface area (Å²) in [5.41, 5.74) is -3.45. The molecule has 0 aliphatic rings. The van der Waals surface area contributed by atoms with Crippen LogP contribution in [0.3, 0.4) is 0 Å². The van der Waals surface area contributed by atoms with Gasteiger partial charge in [-0.15, -0.1) is 0 Å². The number of anilines is 2. The monoisotopic (exact) mass is 496 g/mol. The highest BCUT2D eigenvalue weighted by Gasteiger charge is 2.40. The number of carbonyl (C=O) groups excluding carboxylic acids is 1. The van der Waals surface area contributed by atoms with Crippen LogP contribution >= 0.6 is 11.3 Å². The van der Waals surface area contributed by atoms with E-state index in [9.17, 15) is 31.1 Å². The summed E-state index contributed by atoms with van der Waals surface area (Å²) in [6.07, 6.45) is -10.2. The van der Waals surface area contributed by atoms with Crippen molar-refractivity contribution in [3.63, 3.8) is 0 Å². The third kappa shape index (κ3) is 4.56. The fourth-order valence-corrected chi connectivity index (χ4v) is 4.25. The number of amides is 1. The van der Waals surface area contributed by atoms with Gasteiger partial charge < -0.3 is 4.74 Å². The number of halogens is 6. The van der Waals surface area contributed by atoms with Gasteiger partial charge in [-0.1, -0.05) is 23.5 Å². The Balaban J connectivity index is 1.90. The van der Waals surface area contributed by atoms with E-state index in [0.29, 0.717) is 28.1 Å². The van der Waals surface area contributed by atoms with Gasteiger partial charge in [0.05, 0.1) is 39.7 Å². The van der Waals surface area contributed by atoms with Gasteiger partial charge in [-0.25, -0.2) is 4.98 Å². The molecule has 0 bridgehead atoms. The topological polar surface area (TPSA) is 42.4 Å². The molecule has 1 heterocycles. The van der Waals surface area contributed by atoms with E-state index < -0.39 is 35.0 Å². The maximum Gasteiger partial charge on any atom is 0.417 e. The number of rotatable bonds is 4. The summed E-state index contributed by atoms with van der Waals surface area (Å²) in [4.78, 5) is 18.8. The van der Waals surface area contributed by atoms with Crippen LogP contribution in [0.4, 0.5) is 37.2 Å². The average Bonchev–Trinajstić information content (AvgIpc) is 3.21. The van der Waals surface area contributed by atoms with Crippen LogP contribution in [0.2, 0.25) is 0 Å². The summed E-state index contributed by atoms with van der Waals surface area (Å²) < 4.78 is 86.2. The fourth-order valence-electron chi connectivity index (χ4n) is 3.26. The SMILES string of the molecule is COc1ccc(N(C(=O)c2ccc(C(F)(F)F)cc2C(F)(F)F)c2nc3ccccc3s2)cc1. The highest BCUT2D eigenvalue weighted by molar-refractivity contribution is 7.22. The molecule has 4 aromatic rings. The van der Waals surface area contributed by atoms with Crippen LogP contribution in [0.1, 0.15) is 21.5 Å². The van der Waals surface area contributed by atoms with Gasteiger partial charge in [0.25, 0.3) is 5.91 Å². The lowest BCUT2D eigenvalue weighted by Crippen LogP contribution is -2.28. The lowest BCUT2D eigenvalue weighted by Gasteiger charge is -2.23. The first-order chi connectivity index (χ1) is 16.0. The molecular weight excluding hydrogens is 482 g/mol. The largest absolute Gasteiger partial charge is 0.497 e. The van der Waals surface area contributed by atoms with E-state index in [1.165, 1.54) is 31.4 Å². The van der Waals surface area contributed by atoms with Crippen molar-refractivity contribution in [2.24, 2.45) is 0 Å². The smallest absolute Gasteiger partial charge is 0.417 e. The predicted molar refractivity (Wildman–Crippen MR) is 116 cm³/mol. The Morgan fingerprint density at radius 1 is 0.912 bits per heavy atom. The molecule has 4 nitrogen and oxygen atoms in total. The van der Waals surface area contributed by atoms with Gasteiger partial charge >= 0.3 is 12.4 Å². The second-order valence-corrected chi connectivity index (χ2v) is 8.07. The van der Waals surface area contributed by atoms with Crippen molar-refractivity contribution in [1.82, 2.24) is 4.98 Å². The van der Waals surface area contributed by atoms with E-state index in [2.05, 4.69) is 4.98 Å². The molecule has 0 N–H and O–H groups in total. The maximum atomic E-state index is 13.7. The van der Waals surface area contributed by atoms with Crippen molar-refractivity contribution in [3.8, 4) is 5.75 Å². The van der Waals surface area contributed by atoms with Crippen LogP contribution in [-0.4, -0.2) is 18.0 Å². The quantitative estimate of drug-likeness (QED) is 0.278. The number of ether oxygens (including phenoxy) is 1. The van der Waals surface area contributed by atoms with Crippen molar-refractivity contribution in [3.05, 3.63) is 83.4 Å². The normalized spacial score (nSPS) is 12.1. The fraction of sp³-hybridized carbons (Fsp3) is 0.130. The lowest BCUT2D eigenvalue weighted by molar-refractivity contribution is -0.143. The van der Waals surface area contributed by atoms with Crippen molar-refractivity contribution in [2.45, 2.75) is 12.4 Å². The van der Waals surface area contributed by atoms with Crippen LogP contribution in [0.25, 0.3) is 10.2 Å². The lowest BCUT2D eigenvalue weighted by atomic mass is 10.0. The molecule has 1 amide bonds. The number of thiazole rings is 1. The van der Waals surface area contributed by atoms with E-state index in [1.54, 1.807) is 24.3 Å². The first kappa shape index (κ1) is 23.6. The number of hydrogen-bond acceptors (Lipinski definition) is 4. The molecule has 0 aliphatic carbocycles. The number of para-hydroxylation sites is 1. The number of aromatic nitrogens is 1. The Kier molecular flexibility index (Phi) is 5.98. The van der Waals surface area contributed by atoms with Crippen LogP contribution in [0.5, 0.6) is 5.75 Å². The zero-order chi connectivity index (χ0) is 24.7. The number of alkyl halides is 6. The van der Waals surface area contributed by atoms with Gasteiger partial charge in [-0.05, 0) is 54.6 Å². The molecule has 3 aromatic carbocycles. The standard InChI is InChI=1S/C23H14F6N2O2S/c1-33-15-9-7-14(8-10-15)31(21-30-18-4-2-3-5-19(18)34-21)20(32)16-11-6-13(22(24,25)26)12-17(16)23(27,28)29/h2-12H,1H3. The summed E-state index contributed by atoms with van der Waals surface area (Å²) in [6.45, 7) is 0. The summed E-state index contributed by atoms with van der Waals surface area (Å²) in [5.74, 6) is -0.740. The molecule has 0 aliphatic heterocycles. The summed E-state index contributed by atoms with van der Waals surface area (Å²) in [5, 5.41) is 0.0596. The van der Waals surface area contributed by atoms with E-state index >= 15 is 0 Å². The Labute approximate surface area is 193 Å². The third-order valence-corrected chi connectivity index (χ3v) is 5.91. The van der Waals surface area contributed by atoms with Gasteiger partial charge in [0, 0.05) is 0 Å². The first-order valence-corrected chi connectivity index (χ1v) is 10.4. The predicted octanol–water partition coefficient (Wildman–Crippen LogP) is 7.32. The van der Waals surface area contributed by atoms with Gasteiger partial charge in [0.1, 0.15) is 5.75 Å². The number of fused-ring (bicyclic) bond motifs is 1. The molecule has 0 atom stereocenters. The number of hydrogen-bond donors (Lipinski definition) is 0. The average molecular weight is 496 g/mol. The number of benzene rings is 3. The molecular formula is C23H14F6N2O2S. The summed E-state index contributed by atoms with van der Waals surface area (Å²) >= 11 is 1.06. The molecule has 0 spiro atoms. The molecule has 0 unspecified atom stereocenters. The minimum absolute atomic E-state index is 0.0578. The van der Waals surface area contributed by atoms with Crippen molar-refractivity contribution >= 4 is 38.3 Å². The number of nitrogens with zero attached hydrogens (tertiary/aromatic N) is 2. The Hall–Kier alpha value is -3.60. The maximum absolute atomic E-state index is 13.7. The van der Waals surface area contributed by atoms with Crippen LogP contribution in [0, 0.1) is 0 Å².